The lowest BCUT2D eigenvalue weighted by Crippen LogP contribution is -2.35. The van der Waals surface area contributed by atoms with Crippen LogP contribution in [0.25, 0.3) is 0 Å². The molecule has 1 aromatic carbocycles. The Hall–Kier alpha value is -2.96. The zero-order chi connectivity index (χ0) is 23.2. The van der Waals surface area contributed by atoms with Gasteiger partial charge in [-0.25, -0.2) is 0 Å². The number of piperidine rings is 1. The number of nitro benzene ring substituents is 1. The van der Waals surface area contributed by atoms with Crippen LogP contribution >= 0.6 is 15.9 Å². The Bertz CT molecular complexity index is 898. The maximum Gasteiger partial charge on any atom is 0.454 e. The lowest BCUT2D eigenvalue weighted by atomic mass is 9.97. The molecule has 31 heavy (non-hydrogen) atoms. The monoisotopic (exact) mass is 507 g/mol. The number of alkyl halides is 3. The smallest absolute Gasteiger partial charge is 0.454 e. The van der Waals surface area contributed by atoms with Gasteiger partial charge in [0.2, 0.25) is 0 Å². The van der Waals surface area contributed by atoms with Gasteiger partial charge in [0.1, 0.15) is 0 Å². The molecule has 2 rings (SSSR count). The summed E-state index contributed by atoms with van der Waals surface area (Å²) in [7, 11) is 0. The van der Waals surface area contributed by atoms with Gasteiger partial charge in [-0.3, -0.25) is 24.5 Å². The number of ether oxygens (including phenoxy) is 1. The van der Waals surface area contributed by atoms with E-state index in [1.807, 2.05) is 0 Å². The van der Waals surface area contributed by atoms with Crippen molar-refractivity contribution in [1.82, 2.24) is 4.90 Å². The van der Waals surface area contributed by atoms with Gasteiger partial charge < -0.3 is 15.0 Å². The van der Waals surface area contributed by atoms with Crippen molar-refractivity contribution >= 4 is 45.0 Å². The summed E-state index contributed by atoms with van der Waals surface area (Å²) in [6, 6.07) is 3.75. The van der Waals surface area contributed by atoms with Crippen LogP contribution in [0.1, 0.15) is 12.8 Å². The highest BCUT2D eigenvalue weighted by Gasteiger charge is 2.36. The zero-order valence-electron chi connectivity index (χ0n) is 15.9. The quantitative estimate of drug-likeness (QED) is 0.260. The number of hydrogen-bond donors (Lipinski definition) is 1. The van der Waals surface area contributed by atoms with E-state index in [-0.39, 0.29) is 28.9 Å². The SMILES string of the molecule is O=C(COC(=O)C1CCN(/C=C/C(=O)C(F)(F)F)CC1)Nc1ccc([N+](=O)[O-])cc1Br. The molecular weight excluding hydrogens is 491 g/mol. The average Bonchev–Trinajstić information content (AvgIpc) is 2.71. The van der Waals surface area contributed by atoms with Gasteiger partial charge >= 0.3 is 12.1 Å². The van der Waals surface area contributed by atoms with E-state index in [1.54, 1.807) is 0 Å². The molecule has 0 bridgehead atoms. The van der Waals surface area contributed by atoms with Crippen LogP contribution in [0.4, 0.5) is 24.5 Å². The number of nitro groups is 1. The van der Waals surface area contributed by atoms with Gasteiger partial charge in [0, 0.05) is 42.0 Å². The molecule has 13 heteroatoms. The van der Waals surface area contributed by atoms with E-state index in [4.69, 9.17) is 4.74 Å². The van der Waals surface area contributed by atoms with E-state index in [9.17, 15) is 37.7 Å². The van der Waals surface area contributed by atoms with Gasteiger partial charge in [-0.05, 0) is 34.8 Å². The van der Waals surface area contributed by atoms with Crippen LogP contribution in [0.15, 0.2) is 34.9 Å². The van der Waals surface area contributed by atoms with Gasteiger partial charge in [0.25, 0.3) is 17.4 Å². The third-order valence-corrected chi connectivity index (χ3v) is 5.02. The van der Waals surface area contributed by atoms with Crippen LogP contribution in [0.2, 0.25) is 0 Å². The molecule has 1 heterocycles. The average molecular weight is 508 g/mol. The van der Waals surface area contributed by atoms with Gasteiger partial charge in [0.05, 0.1) is 16.5 Å². The number of benzene rings is 1. The number of amides is 1. The van der Waals surface area contributed by atoms with E-state index in [0.717, 1.165) is 6.20 Å². The Morgan fingerprint density at radius 3 is 2.48 bits per heavy atom. The van der Waals surface area contributed by atoms with Crippen molar-refractivity contribution in [3.05, 3.63) is 45.1 Å². The van der Waals surface area contributed by atoms with Gasteiger partial charge in [-0.2, -0.15) is 13.2 Å². The first-order valence-electron chi connectivity index (χ1n) is 8.91. The van der Waals surface area contributed by atoms with Crippen LogP contribution < -0.4 is 5.32 Å². The molecule has 0 atom stereocenters. The Morgan fingerprint density at radius 2 is 1.94 bits per heavy atom. The molecule has 1 aliphatic heterocycles. The number of esters is 1. The number of likely N-dealkylation sites (tertiary alicyclic amines) is 1. The largest absolute Gasteiger partial charge is 0.455 e. The highest BCUT2D eigenvalue weighted by molar-refractivity contribution is 9.10. The summed E-state index contributed by atoms with van der Waals surface area (Å²) in [4.78, 5) is 46.5. The van der Waals surface area contributed by atoms with Crippen LogP contribution in [0.3, 0.4) is 0 Å². The maximum atomic E-state index is 12.2. The number of ketones is 1. The molecule has 0 aliphatic carbocycles. The van der Waals surface area contributed by atoms with E-state index in [2.05, 4.69) is 21.2 Å². The number of non-ortho nitro benzene ring substituents is 1. The van der Waals surface area contributed by atoms with E-state index in [0.29, 0.717) is 18.9 Å². The van der Waals surface area contributed by atoms with Crippen molar-refractivity contribution < 1.29 is 37.2 Å². The van der Waals surface area contributed by atoms with Crippen molar-refractivity contribution in [2.24, 2.45) is 5.92 Å². The molecule has 1 saturated heterocycles. The molecule has 1 aromatic rings. The topological polar surface area (TPSA) is 119 Å². The first-order chi connectivity index (χ1) is 14.5. The Balaban J connectivity index is 1.77. The molecule has 0 unspecified atom stereocenters. The van der Waals surface area contributed by atoms with Crippen molar-refractivity contribution in [3.8, 4) is 0 Å². The molecule has 1 amide bonds. The lowest BCUT2D eigenvalue weighted by Gasteiger charge is -2.29. The highest BCUT2D eigenvalue weighted by Crippen LogP contribution is 2.27. The van der Waals surface area contributed by atoms with E-state index < -0.39 is 41.3 Å². The number of allylic oxidation sites excluding steroid dienone is 1. The second-order valence-corrected chi connectivity index (χ2v) is 7.42. The fourth-order valence-corrected chi connectivity index (χ4v) is 3.18. The number of hydrogen-bond acceptors (Lipinski definition) is 7. The van der Waals surface area contributed by atoms with Gasteiger partial charge in [-0.1, -0.05) is 0 Å². The summed E-state index contributed by atoms with van der Waals surface area (Å²) in [6.07, 6.45) is -2.85. The first kappa shape index (κ1) is 24.3. The summed E-state index contributed by atoms with van der Waals surface area (Å²) >= 11 is 3.10. The summed E-state index contributed by atoms with van der Waals surface area (Å²) < 4.78 is 41.8. The molecule has 0 saturated carbocycles. The number of nitrogens with one attached hydrogen (secondary N) is 1. The van der Waals surface area contributed by atoms with Crippen molar-refractivity contribution in [1.29, 1.82) is 0 Å². The fraction of sp³-hybridized carbons (Fsp3) is 0.389. The third-order valence-electron chi connectivity index (χ3n) is 4.36. The lowest BCUT2D eigenvalue weighted by molar-refractivity contribution is -0.384. The molecule has 168 valence electrons. The zero-order valence-corrected chi connectivity index (χ0v) is 17.4. The molecule has 0 radical (unpaired) electrons. The fourth-order valence-electron chi connectivity index (χ4n) is 2.71. The summed E-state index contributed by atoms with van der Waals surface area (Å²) in [6.45, 7) is -0.0604. The number of rotatable bonds is 7. The Labute approximate surface area is 182 Å². The second kappa shape index (κ2) is 10.4. The van der Waals surface area contributed by atoms with Gasteiger partial charge in [-0.15, -0.1) is 0 Å². The minimum Gasteiger partial charge on any atom is -0.455 e. The molecule has 1 aliphatic rings. The number of carbonyl (C=O) groups is 3. The molecule has 1 N–H and O–H groups in total. The number of carbonyl (C=O) groups excluding carboxylic acids is 3. The maximum absolute atomic E-state index is 12.2. The summed E-state index contributed by atoms with van der Waals surface area (Å²) in [5, 5.41) is 13.2. The number of nitrogens with zero attached hydrogens (tertiary/aromatic N) is 2. The molecule has 0 aromatic heterocycles. The van der Waals surface area contributed by atoms with E-state index in [1.165, 1.54) is 23.1 Å². The van der Waals surface area contributed by atoms with Gasteiger partial charge in [0.15, 0.2) is 6.61 Å². The second-order valence-electron chi connectivity index (χ2n) is 6.57. The minimum absolute atomic E-state index is 0.166. The van der Waals surface area contributed by atoms with Crippen molar-refractivity contribution in [2.45, 2.75) is 19.0 Å². The van der Waals surface area contributed by atoms with E-state index >= 15 is 0 Å². The minimum atomic E-state index is -4.93. The highest BCUT2D eigenvalue weighted by atomic mass is 79.9. The Morgan fingerprint density at radius 1 is 1.29 bits per heavy atom. The Kier molecular flexibility index (Phi) is 8.14. The first-order valence-corrected chi connectivity index (χ1v) is 9.70. The normalized spacial score (nSPS) is 15.0. The van der Waals surface area contributed by atoms with Crippen molar-refractivity contribution in [3.63, 3.8) is 0 Å². The van der Waals surface area contributed by atoms with Crippen LogP contribution in [0, 0.1) is 16.0 Å². The molecule has 0 spiro atoms. The third kappa shape index (κ3) is 7.35. The van der Waals surface area contributed by atoms with Crippen molar-refractivity contribution in [2.75, 3.05) is 25.0 Å². The predicted octanol–water partition coefficient (Wildman–Crippen LogP) is 3.20. The van der Waals surface area contributed by atoms with Crippen LogP contribution in [0.5, 0.6) is 0 Å². The number of halogens is 4. The van der Waals surface area contributed by atoms with Crippen LogP contribution in [-0.4, -0.2) is 53.4 Å². The summed E-state index contributed by atoms with van der Waals surface area (Å²) in [5.41, 5.74) is 0.0976. The predicted molar refractivity (Wildman–Crippen MR) is 105 cm³/mol. The molecular formula is C18H17BrF3N3O6. The molecule has 9 nitrogen and oxygen atoms in total. The molecule has 1 fully saturated rings. The summed E-state index contributed by atoms with van der Waals surface area (Å²) in [5.74, 6) is -3.75. The van der Waals surface area contributed by atoms with Crippen LogP contribution in [-0.2, 0) is 19.1 Å². The standard InChI is InChI=1S/C18H17BrF3N3O6/c19-13-9-12(25(29)30)1-2-14(13)23-16(27)10-31-17(28)11-3-6-24(7-4-11)8-5-15(26)18(20,21)22/h1-2,5,8-9,11H,3-4,6-7,10H2,(H,23,27)/b8-5+. The number of anilines is 1.